The first-order valence-corrected chi connectivity index (χ1v) is 9.12. The number of nitriles is 1. The molecule has 0 N–H and O–H groups in total. The number of carbonyl (C=O) groups is 1. The Morgan fingerprint density at radius 3 is 2.75 bits per heavy atom. The number of piperazine rings is 1. The summed E-state index contributed by atoms with van der Waals surface area (Å²) < 4.78 is 0. The number of nitrogens with zero attached hydrogens (tertiary/aromatic N) is 4. The molecule has 2 saturated carbocycles. The van der Waals surface area contributed by atoms with Crippen LogP contribution in [-0.4, -0.2) is 42.0 Å². The highest BCUT2D eigenvalue weighted by molar-refractivity contribution is 5.77. The first-order valence-electron chi connectivity index (χ1n) is 9.12. The van der Waals surface area contributed by atoms with E-state index in [4.69, 9.17) is 0 Å². The Hall–Kier alpha value is -2.09. The van der Waals surface area contributed by atoms with E-state index in [-0.39, 0.29) is 0 Å². The lowest BCUT2D eigenvalue weighted by molar-refractivity contribution is -0.132. The largest absolute Gasteiger partial charge is 0.352 e. The second kappa shape index (κ2) is 6.43. The maximum Gasteiger partial charge on any atom is 0.222 e. The maximum absolute atomic E-state index is 12.6. The molecule has 2 bridgehead atoms. The van der Waals surface area contributed by atoms with Crippen molar-refractivity contribution in [1.29, 1.82) is 5.26 Å². The van der Waals surface area contributed by atoms with Gasteiger partial charge in [0.1, 0.15) is 11.9 Å². The molecule has 3 fully saturated rings. The van der Waals surface area contributed by atoms with Crippen molar-refractivity contribution in [3.63, 3.8) is 0 Å². The molecule has 3 aliphatic rings. The van der Waals surface area contributed by atoms with Crippen LogP contribution in [0.15, 0.2) is 18.3 Å². The van der Waals surface area contributed by atoms with E-state index in [2.05, 4.69) is 16.0 Å². The number of aromatic nitrogens is 1. The normalized spacial score (nSPS) is 28.9. The lowest BCUT2D eigenvalue weighted by Gasteiger charge is -2.36. The first kappa shape index (κ1) is 15.4. The summed E-state index contributed by atoms with van der Waals surface area (Å²) in [5.41, 5.74) is 0.610. The number of pyridine rings is 1. The van der Waals surface area contributed by atoms with Crippen molar-refractivity contribution in [3.05, 3.63) is 23.9 Å². The highest BCUT2D eigenvalue weighted by Crippen LogP contribution is 2.49. The van der Waals surface area contributed by atoms with Crippen molar-refractivity contribution in [2.45, 2.75) is 32.1 Å². The Balaban J connectivity index is 1.33. The molecule has 2 aliphatic carbocycles. The Labute approximate surface area is 143 Å². The van der Waals surface area contributed by atoms with E-state index in [1.54, 1.807) is 18.3 Å². The summed E-state index contributed by atoms with van der Waals surface area (Å²) in [5, 5.41) is 9.22. The van der Waals surface area contributed by atoms with Crippen LogP contribution in [0.5, 0.6) is 0 Å². The van der Waals surface area contributed by atoms with Gasteiger partial charge in [0.05, 0.1) is 5.56 Å². The van der Waals surface area contributed by atoms with Crippen LogP contribution < -0.4 is 4.90 Å². The van der Waals surface area contributed by atoms with Crippen LogP contribution in [0, 0.1) is 29.1 Å². The molecule has 126 valence electrons. The monoisotopic (exact) mass is 324 g/mol. The number of amides is 1. The smallest absolute Gasteiger partial charge is 0.222 e. The summed E-state index contributed by atoms with van der Waals surface area (Å²) in [6.45, 7) is 2.99. The molecule has 5 heteroatoms. The van der Waals surface area contributed by atoms with E-state index in [1.807, 2.05) is 4.90 Å². The van der Waals surface area contributed by atoms with Gasteiger partial charge in [-0.25, -0.2) is 4.98 Å². The topological polar surface area (TPSA) is 60.2 Å². The van der Waals surface area contributed by atoms with Crippen molar-refractivity contribution in [2.24, 2.45) is 17.8 Å². The number of anilines is 1. The Morgan fingerprint density at radius 2 is 2.08 bits per heavy atom. The third kappa shape index (κ3) is 2.86. The van der Waals surface area contributed by atoms with Crippen LogP contribution >= 0.6 is 0 Å². The molecule has 5 nitrogen and oxygen atoms in total. The van der Waals surface area contributed by atoms with Crippen LogP contribution in [-0.2, 0) is 4.79 Å². The van der Waals surface area contributed by atoms with Crippen molar-refractivity contribution < 1.29 is 4.79 Å². The van der Waals surface area contributed by atoms with Gasteiger partial charge in [0, 0.05) is 38.8 Å². The molecule has 4 rings (SSSR count). The predicted molar refractivity (Wildman–Crippen MR) is 91.3 cm³/mol. The second-order valence-corrected chi connectivity index (χ2v) is 7.49. The lowest BCUT2D eigenvalue weighted by Crippen LogP contribution is -2.49. The zero-order valence-electron chi connectivity index (χ0n) is 14.0. The van der Waals surface area contributed by atoms with Crippen molar-refractivity contribution in [3.8, 4) is 6.07 Å². The molecule has 1 saturated heterocycles. The number of carbonyl (C=O) groups excluding carboxylic acids is 1. The molecule has 3 unspecified atom stereocenters. The fourth-order valence-electron chi connectivity index (χ4n) is 4.88. The van der Waals surface area contributed by atoms with Gasteiger partial charge in [-0.05, 0) is 49.1 Å². The van der Waals surface area contributed by atoms with Gasteiger partial charge >= 0.3 is 0 Å². The van der Waals surface area contributed by atoms with Crippen LogP contribution in [0.1, 0.15) is 37.7 Å². The summed E-state index contributed by atoms with van der Waals surface area (Å²) in [6, 6.07) is 5.80. The minimum absolute atomic E-state index is 0.328. The van der Waals surface area contributed by atoms with Crippen LogP contribution in [0.25, 0.3) is 0 Å². The lowest BCUT2D eigenvalue weighted by atomic mass is 9.86. The zero-order chi connectivity index (χ0) is 16.5. The maximum atomic E-state index is 12.6. The van der Waals surface area contributed by atoms with Gasteiger partial charge in [-0.2, -0.15) is 5.26 Å². The zero-order valence-corrected chi connectivity index (χ0v) is 14.0. The molecule has 0 spiro atoms. The minimum Gasteiger partial charge on any atom is -0.352 e. The Bertz CT molecular complexity index is 660. The number of hydrogen-bond acceptors (Lipinski definition) is 4. The highest BCUT2D eigenvalue weighted by atomic mass is 16.2. The molecule has 1 aromatic rings. The van der Waals surface area contributed by atoms with E-state index in [1.165, 1.54) is 25.7 Å². The molecule has 24 heavy (non-hydrogen) atoms. The van der Waals surface area contributed by atoms with Gasteiger partial charge in [-0.3, -0.25) is 4.79 Å². The Morgan fingerprint density at radius 1 is 1.25 bits per heavy atom. The van der Waals surface area contributed by atoms with E-state index in [9.17, 15) is 10.1 Å². The molecule has 1 aliphatic heterocycles. The van der Waals surface area contributed by atoms with Gasteiger partial charge in [0.2, 0.25) is 5.91 Å². The number of hydrogen-bond donors (Lipinski definition) is 0. The molecular weight excluding hydrogens is 300 g/mol. The summed E-state index contributed by atoms with van der Waals surface area (Å²) in [7, 11) is 0. The average molecular weight is 324 g/mol. The summed E-state index contributed by atoms with van der Waals surface area (Å²) in [5.74, 6) is 3.43. The van der Waals surface area contributed by atoms with Crippen molar-refractivity contribution in [2.75, 3.05) is 31.1 Å². The van der Waals surface area contributed by atoms with E-state index >= 15 is 0 Å². The molecule has 1 amide bonds. The van der Waals surface area contributed by atoms with Gasteiger partial charge < -0.3 is 9.80 Å². The SMILES string of the molecule is N#Cc1cccnc1N1CCN(C(=O)CC2CC3CCC2C3)CC1. The van der Waals surface area contributed by atoms with Crippen LogP contribution in [0.3, 0.4) is 0 Å². The molecule has 2 heterocycles. The number of fused-ring (bicyclic) bond motifs is 2. The second-order valence-electron chi connectivity index (χ2n) is 7.49. The molecule has 1 aromatic heterocycles. The third-order valence-corrected chi connectivity index (χ3v) is 6.16. The number of rotatable bonds is 3. The standard InChI is InChI=1S/C19H24N4O/c20-13-16-2-1-5-21-19(16)23-8-6-22(7-9-23)18(24)12-17-11-14-3-4-15(17)10-14/h1-2,5,14-15,17H,3-4,6-12H2. The first-order chi connectivity index (χ1) is 11.7. The quantitative estimate of drug-likeness (QED) is 0.857. The highest BCUT2D eigenvalue weighted by Gasteiger charge is 2.40. The van der Waals surface area contributed by atoms with Crippen LogP contribution in [0.4, 0.5) is 5.82 Å². The third-order valence-electron chi connectivity index (χ3n) is 6.16. The summed E-state index contributed by atoms with van der Waals surface area (Å²) in [4.78, 5) is 21.1. The van der Waals surface area contributed by atoms with Gasteiger partial charge in [0.25, 0.3) is 0 Å². The fourth-order valence-corrected chi connectivity index (χ4v) is 4.88. The van der Waals surface area contributed by atoms with Gasteiger partial charge in [-0.1, -0.05) is 6.42 Å². The van der Waals surface area contributed by atoms with Crippen molar-refractivity contribution >= 4 is 11.7 Å². The summed E-state index contributed by atoms with van der Waals surface area (Å²) in [6.07, 6.45) is 7.83. The minimum atomic E-state index is 0.328. The molecule has 3 atom stereocenters. The predicted octanol–water partition coefficient (Wildman–Crippen LogP) is 2.43. The van der Waals surface area contributed by atoms with Crippen molar-refractivity contribution in [1.82, 2.24) is 9.88 Å². The summed E-state index contributed by atoms with van der Waals surface area (Å²) >= 11 is 0. The van der Waals surface area contributed by atoms with Crippen LogP contribution in [0.2, 0.25) is 0 Å². The Kier molecular flexibility index (Phi) is 4.13. The fraction of sp³-hybridized carbons (Fsp3) is 0.632. The van der Waals surface area contributed by atoms with E-state index in [0.717, 1.165) is 50.3 Å². The van der Waals surface area contributed by atoms with Gasteiger partial charge in [0.15, 0.2) is 0 Å². The van der Waals surface area contributed by atoms with Gasteiger partial charge in [-0.15, -0.1) is 0 Å². The molecular formula is C19H24N4O. The van der Waals surface area contributed by atoms with E-state index in [0.29, 0.717) is 17.4 Å². The average Bonchev–Trinajstić information content (AvgIpc) is 3.25. The van der Waals surface area contributed by atoms with E-state index < -0.39 is 0 Å². The molecule has 0 aromatic carbocycles. The molecule has 0 radical (unpaired) electrons.